The molecule has 1 fully saturated rings. The smallest absolute Gasteiger partial charge is 0.236 e. The molecule has 0 aliphatic carbocycles. The first-order valence-corrected chi connectivity index (χ1v) is 11.2. The second kappa shape index (κ2) is 11.2. The van der Waals surface area contributed by atoms with Crippen LogP contribution in [0, 0.1) is 5.82 Å². The molecule has 0 unspecified atom stereocenters. The number of benzene rings is 2. The van der Waals surface area contributed by atoms with Gasteiger partial charge in [0.05, 0.1) is 43.9 Å². The Morgan fingerprint density at radius 2 is 1.91 bits per heavy atom. The number of amides is 1. The molecule has 1 aliphatic rings. The van der Waals surface area contributed by atoms with Gasteiger partial charge in [-0.3, -0.25) is 4.79 Å². The quantitative estimate of drug-likeness (QED) is 0.473. The lowest BCUT2D eigenvalue weighted by Gasteiger charge is -2.26. The van der Waals surface area contributed by atoms with Crippen molar-refractivity contribution >= 4 is 16.9 Å². The lowest BCUT2D eigenvalue weighted by atomic mass is 10.3. The van der Waals surface area contributed by atoms with Crippen LogP contribution < -0.4 is 10.1 Å². The topological polar surface area (TPSA) is 77.9 Å². The summed E-state index contributed by atoms with van der Waals surface area (Å²) in [7, 11) is 0. The second-order valence-corrected chi connectivity index (χ2v) is 7.68. The highest BCUT2D eigenvalue weighted by Gasteiger charge is 2.17. The molecule has 3 aromatic rings. The van der Waals surface area contributed by atoms with Crippen LogP contribution in [0.2, 0.25) is 0 Å². The summed E-state index contributed by atoms with van der Waals surface area (Å²) in [5, 5.41) is 3.23. The van der Waals surface area contributed by atoms with Crippen molar-refractivity contribution in [2.75, 3.05) is 46.1 Å². The van der Waals surface area contributed by atoms with Gasteiger partial charge in [-0.15, -0.1) is 0 Å². The number of nitrogens with one attached hydrogen (secondary N) is 1. The van der Waals surface area contributed by atoms with Crippen LogP contribution in [0.3, 0.4) is 0 Å². The molecule has 1 aliphatic heterocycles. The van der Waals surface area contributed by atoms with Crippen molar-refractivity contribution < 1.29 is 23.4 Å². The highest BCUT2D eigenvalue weighted by molar-refractivity contribution is 5.79. The molecular weight excluding hydrogens is 427 g/mol. The van der Waals surface area contributed by atoms with Gasteiger partial charge in [-0.1, -0.05) is 0 Å². The molecule has 2 heterocycles. The Hall–Kier alpha value is -3.01. The van der Waals surface area contributed by atoms with Crippen molar-refractivity contribution in [3.8, 4) is 11.5 Å². The number of ether oxygens (including phenoxy) is 3. The van der Waals surface area contributed by atoms with E-state index in [9.17, 15) is 9.18 Å². The van der Waals surface area contributed by atoms with Gasteiger partial charge in [0.15, 0.2) is 0 Å². The van der Waals surface area contributed by atoms with E-state index in [2.05, 4.69) is 9.88 Å². The van der Waals surface area contributed by atoms with E-state index in [0.29, 0.717) is 64.1 Å². The van der Waals surface area contributed by atoms with E-state index in [0.717, 1.165) is 16.9 Å². The number of imidazole rings is 1. The van der Waals surface area contributed by atoms with Crippen LogP contribution in [0.15, 0.2) is 42.5 Å². The van der Waals surface area contributed by atoms with E-state index in [1.54, 1.807) is 12.1 Å². The molecule has 1 aromatic heterocycles. The molecule has 33 heavy (non-hydrogen) atoms. The Kier molecular flexibility index (Phi) is 7.87. The molecule has 8 nitrogen and oxygen atoms in total. The third-order valence-electron chi connectivity index (χ3n) is 5.43. The molecule has 0 atom stereocenters. The average Bonchev–Trinajstić information content (AvgIpc) is 3.18. The van der Waals surface area contributed by atoms with Gasteiger partial charge < -0.3 is 29.0 Å². The number of hydrogen-bond donors (Lipinski definition) is 1. The Bertz CT molecular complexity index is 1060. The minimum Gasteiger partial charge on any atom is -0.457 e. The first-order valence-electron chi connectivity index (χ1n) is 11.2. The minimum absolute atomic E-state index is 0.0604. The van der Waals surface area contributed by atoms with Gasteiger partial charge in [0.1, 0.15) is 23.1 Å². The Morgan fingerprint density at radius 1 is 1.15 bits per heavy atom. The van der Waals surface area contributed by atoms with Crippen LogP contribution in [0.5, 0.6) is 11.5 Å². The van der Waals surface area contributed by atoms with E-state index >= 15 is 0 Å². The summed E-state index contributed by atoms with van der Waals surface area (Å²) < 4.78 is 32.0. The first kappa shape index (κ1) is 23.2. The van der Waals surface area contributed by atoms with E-state index in [-0.39, 0.29) is 18.3 Å². The predicted octanol–water partition coefficient (Wildman–Crippen LogP) is 2.95. The lowest BCUT2D eigenvalue weighted by Crippen LogP contribution is -2.44. The third-order valence-corrected chi connectivity index (χ3v) is 5.43. The summed E-state index contributed by atoms with van der Waals surface area (Å²) in [5.41, 5.74) is 1.74. The van der Waals surface area contributed by atoms with Gasteiger partial charge in [-0.2, -0.15) is 0 Å². The molecule has 1 saturated heterocycles. The minimum atomic E-state index is -0.309. The van der Waals surface area contributed by atoms with Crippen molar-refractivity contribution in [3.05, 3.63) is 54.1 Å². The van der Waals surface area contributed by atoms with Crippen LogP contribution in [-0.4, -0.2) is 66.4 Å². The van der Waals surface area contributed by atoms with Crippen molar-refractivity contribution in [1.29, 1.82) is 0 Å². The summed E-state index contributed by atoms with van der Waals surface area (Å²) in [4.78, 5) is 19.0. The molecule has 176 valence electrons. The number of halogens is 1. The fourth-order valence-corrected chi connectivity index (χ4v) is 3.75. The van der Waals surface area contributed by atoms with Gasteiger partial charge in [0.2, 0.25) is 5.91 Å². The Balaban J connectivity index is 1.48. The number of carbonyl (C=O) groups excluding carboxylic acids is 1. The number of hydrogen-bond acceptors (Lipinski definition) is 6. The van der Waals surface area contributed by atoms with Crippen LogP contribution in [-0.2, 0) is 27.4 Å². The van der Waals surface area contributed by atoms with Crippen LogP contribution in [0.25, 0.3) is 11.0 Å². The standard InChI is InChI=1S/C24H29FN4O4/c1-2-31-14-11-29-22-15-20(33-19-5-3-18(25)4-6-19)7-8-21(22)27-23(29)16-26-17-24(30)28-9-12-32-13-10-28/h3-8,15,26H,2,9-14,16-17H2,1H3. The SMILES string of the molecule is CCOCCn1c(CNCC(=O)N2CCOCC2)nc2ccc(Oc3ccc(F)cc3)cc21. The van der Waals surface area contributed by atoms with Gasteiger partial charge in [-0.05, 0) is 43.3 Å². The third kappa shape index (κ3) is 6.07. The molecule has 0 saturated carbocycles. The highest BCUT2D eigenvalue weighted by atomic mass is 19.1. The van der Waals surface area contributed by atoms with Crippen molar-refractivity contribution in [1.82, 2.24) is 19.8 Å². The van der Waals surface area contributed by atoms with E-state index in [1.165, 1.54) is 12.1 Å². The summed E-state index contributed by atoms with van der Waals surface area (Å²) >= 11 is 0. The number of nitrogens with zero attached hydrogens (tertiary/aromatic N) is 3. The van der Waals surface area contributed by atoms with Crippen LogP contribution >= 0.6 is 0 Å². The van der Waals surface area contributed by atoms with Gasteiger partial charge >= 0.3 is 0 Å². The Labute approximate surface area is 192 Å². The van der Waals surface area contributed by atoms with Crippen LogP contribution in [0.4, 0.5) is 4.39 Å². The predicted molar refractivity (Wildman–Crippen MR) is 122 cm³/mol. The summed E-state index contributed by atoms with van der Waals surface area (Å²) in [6.07, 6.45) is 0. The molecule has 9 heteroatoms. The molecule has 1 N–H and O–H groups in total. The van der Waals surface area contributed by atoms with Gasteiger partial charge in [0, 0.05) is 32.3 Å². The van der Waals surface area contributed by atoms with E-state index in [4.69, 9.17) is 19.2 Å². The largest absolute Gasteiger partial charge is 0.457 e. The first-order chi connectivity index (χ1) is 16.1. The van der Waals surface area contributed by atoms with E-state index in [1.807, 2.05) is 30.0 Å². The molecule has 2 aromatic carbocycles. The molecule has 1 amide bonds. The number of morpholine rings is 1. The number of fused-ring (bicyclic) bond motifs is 1. The fraction of sp³-hybridized carbons (Fsp3) is 0.417. The molecule has 4 rings (SSSR count). The molecular formula is C24H29FN4O4. The molecule has 0 radical (unpaired) electrons. The zero-order valence-electron chi connectivity index (χ0n) is 18.8. The van der Waals surface area contributed by atoms with Gasteiger partial charge in [-0.25, -0.2) is 9.37 Å². The zero-order valence-corrected chi connectivity index (χ0v) is 18.8. The average molecular weight is 457 g/mol. The summed E-state index contributed by atoms with van der Waals surface area (Å²) in [5.74, 6) is 1.76. The molecule has 0 bridgehead atoms. The Morgan fingerprint density at radius 3 is 2.67 bits per heavy atom. The van der Waals surface area contributed by atoms with Crippen LogP contribution in [0.1, 0.15) is 12.7 Å². The van der Waals surface area contributed by atoms with E-state index < -0.39 is 0 Å². The van der Waals surface area contributed by atoms with Crippen molar-refractivity contribution in [3.63, 3.8) is 0 Å². The lowest BCUT2D eigenvalue weighted by molar-refractivity contribution is -0.134. The van der Waals surface area contributed by atoms with Crippen molar-refractivity contribution in [2.24, 2.45) is 0 Å². The summed E-state index contributed by atoms with van der Waals surface area (Å²) in [6.45, 7) is 6.88. The molecule has 0 spiro atoms. The number of rotatable bonds is 10. The maximum absolute atomic E-state index is 13.2. The fourth-order valence-electron chi connectivity index (χ4n) is 3.75. The van der Waals surface area contributed by atoms with Gasteiger partial charge in [0.25, 0.3) is 0 Å². The number of aromatic nitrogens is 2. The second-order valence-electron chi connectivity index (χ2n) is 7.68. The summed E-state index contributed by atoms with van der Waals surface area (Å²) in [6, 6.07) is 11.6. The number of carbonyl (C=O) groups is 1. The maximum Gasteiger partial charge on any atom is 0.236 e. The maximum atomic E-state index is 13.2. The monoisotopic (exact) mass is 456 g/mol. The zero-order chi connectivity index (χ0) is 23.0. The van der Waals surface area contributed by atoms with Crippen molar-refractivity contribution in [2.45, 2.75) is 20.0 Å². The highest BCUT2D eigenvalue weighted by Crippen LogP contribution is 2.26. The normalized spacial score (nSPS) is 14.1.